The molecule has 2 rings (SSSR count). The molecular formula is C13H13NO4S. The van der Waals surface area contributed by atoms with E-state index in [4.69, 9.17) is 4.74 Å². The number of ether oxygens (including phenoxy) is 2. The molecule has 1 aliphatic heterocycles. The van der Waals surface area contributed by atoms with Crippen LogP contribution in [0.5, 0.6) is 5.75 Å². The van der Waals surface area contributed by atoms with Crippen molar-refractivity contribution in [3.05, 3.63) is 29.8 Å². The number of rotatable bonds is 3. The Hall–Kier alpha value is -1.82. The van der Waals surface area contributed by atoms with E-state index in [1.54, 1.807) is 12.1 Å². The molecule has 0 N–H and O–H groups in total. The largest absolute Gasteiger partial charge is 0.467 e. The average Bonchev–Trinajstić information content (AvgIpc) is 2.87. The molecular weight excluding hydrogens is 266 g/mol. The number of hydrogen-bond acceptors (Lipinski definition) is 6. The van der Waals surface area contributed by atoms with Gasteiger partial charge in [-0.3, -0.25) is 9.79 Å². The minimum absolute atomic E-state index is 0.354. The van der Waals surface area contributed by atoms with Gasteiger partial charge in [0.2, 0.25) is 0 Å². The number of para-hydroxylation sites is 1. The first-order chi connectivity index (χ1) is 9.11. The average molecular weight is 279 g/mol. The maximum Gasteiger partial charge on any atom is 0.331 e. The Kier molecular flexibility index (Phi) is 4.21. The SMILES string of the molecule is COC(=O)C1CSC(c2ccccc2OC(C)=O)=N1. The lowest BCUT2D eigenvalue weighted by molar-refractivity contribution is -0.141. The van der Waals surface area contributed by atoms with E-state index in [-0.39, 0.29) is 11.9 Å². The number of methoxy groups -OCH3 is 1. The molecule has 100 valence electrons. The molecule has 0 bridgehead atoms. The number of hydrogen-bond donors (Lipinski definition) is 0. The Morgan fingerprint density at radius 1 is 1.37 bits per heavy atom. The predicted molar refractivity (Wildman–Crippen MR) is 72.6 cm³/mol. The molecule has 5 nitrogen and oxygen atoms in total. The second-order valence-electron chi connectivity index (χ2n) is 3.87. The lowest BCUT2D eigenvalue weighted by Crippen LogP contribution is -2.19. The Balaban J connectivity index is 2.28. The first-order valence-electron chi connectivity index (χ1n) is 5.68. The molecule has 19 heavy (non-hydrogen) atoms. The number of nitrogens with zero attached hydrogens (tertiary/aromatic N) is 1. The molecule has 1 atom stereocenters. The Labute approximate surface area is 115 Å². The number of aliphatic imine (C=N–C) groups is 1. The van der Waals surface area contributed by atoms with Crippen LogP contribution in [-0.2, 0) is 14.3 Å². The fraction of sp³-hybridized carbons (Fsp3) is 0.308. The standard InChI is InChI=1S/C13H13NO4S/c1-8(15)18-11-6-4-3-5-9(11)12-14-10(7-19-12)13(16)17-2/h3-6,10H,7H2,1-2H3. The topological polar surface area (TPSA) is 65.0 Å². The van der Waals surface area contributed by atoms with E-state index in [1.807, 2.05) is 12.1 Å². The highest BCUT2D eigenvalue weighted by Gasteiger charge is 2.27. The van der Waals surface area contributed by atoms with Gasteiger partial charge in [-0.15, -0.1) is 11.8 Å². The van der Waals surface area contributed by atoms with Crippen molar-refractivity contribution in [2.75, 3.05) is 12.9 Å². The molecule has 0 aliphatic carbocycles. The van der Waals surface area contributed by atoms with Crippen LogP contribution in [0.3, 0.4) is 0 Å². The maximum absolute atomic E-state index is 11.4. The predicted octanol–water partition coefficient (Wildman–Crippen LogP) is 1.65. The summed E-state index contributed by atoms with van der Waals surface area (Å²) in [6.07, 6.45) is 0. The van der Waals surface area contributed by atoms with Crippen molar-refractivity contribution in [3.63, 3.8) is 0 Å². The van der Waals surface area contributed by atoms with Gasteiger partial charge in [-0.25, -0.2) is 4.79 Å². The van der Waals surface area contributed by atoms with Crippen molar-refractivity contribution in [1.82, 2.24) is 0 Å². The van der Waals surface area contributed by atoms with Crippen LogP contribution in [0.1, 0.15) is 12.5 Å². The Bertz CT molecular complexity index is 541. The second-order valence-corrected chi connectivity index (χ2v) is 4.88. The summed E-state index contributed by atoms with van der Waals surface area (Å²) in [7, 11) is 1.34. The Morgan fingerprint density at radius 2 is 2.11 bits per heavy atom. The molecule has 1 unspecified atom stereocenters. The summed E-state index contributed by atoms with van der Waals surface area (Å²) in [5.41, 5.74) is 0.717. The van der Waals surface area contributed by atoms with Gasteiger partial charge in [-0.1, -0.05) is 12.1 Å². The molecule has 0 spiro atoms. The van der Waals surface area contributed by atoms with Gasteiger partial charge >= 0.3 is 11.9 Å². The highest BCUT2D eigenvalue weighted by atomic mass is 32.2. The van der Waals surface area contributed by atoms with Crippen molar-refractivity contribution in [3.8, 4) is 5.75 Å². The molecule has 0 saturated carbocycles. The van der Waals surface area contributed by atoms with Crippen LogP contribution in [-0.4, -0.2) is 35.9 Å². The first kappa shape index (κ1) is 13.6. The van der Waals surface area contributed by atoms with Crippen LogP contribution in [0.15, 0.2) is 29.3 Å². The zero-order valence-electron chi connectivity index (χ0n) is 10.6. The highest BCUT2D eigenvalue weighted by molar-refractivity contribution is 8.14. The van der Waals surface area contributed by atoms with Gasteiger partial charge in [-0.05, 0) is 12.1 Å². The smallest absolute Gasteiger partial charge is 0.331 e. The van der Waals surface area contributed by atoms with Gasteiger partial charge in [0.15, 0.2) is 6.04 Å². The summed E-state index contributed by atoms with van der Waals surface area (Å²) in [4.78, 5) is 26.8. The number of esters is 2. The molecule has 6 heteroatoms. The zero-order valence-corrected chi connectivity index (χ0v) is 11.4. The molecule has 0 saturated heterocycles. The highest BCUT2D eigenvalue weighted by Crippen LogP contribution is 2.29. The summed E-state index contributed by atoms with van der Waals surface area (Å²) in [5.74, 6) is 0.246. The summed E-state index contributed by atoms with van der Waals surface area (Å²) in [6, 6.07) is 6.63. The maximum atomic E-state index is 11.4. The van der Waals surface area contributed by atoms with Crippen LogP contribution in [0.25, 0.3) is 0 Å². The zero-order chi connectivity index (χ0) is 13.8. The van der Waals surface area contributed by atoms with Gasteiger partial charge in [0, 0.05) is 18.2 Å². The number of carbonyl (C=O) groups is 2. The molecule has 1 aliphatic rings. The molecule has 1 aromatic carbocycles. The van der Waals surface area contributed by atoms with Crippen LogP contribution < -0.4 is 4.74 Å². The van der Waals surface area contributed by atoms with Crippen LogP contribution >= 0.6 is 11.8 Å². The van der Waals surface area contributed by atoms with Gasteiger partial charge < -0.3 is 9.47 Å². The molecule has 0 amide bonds. The molecule has 0 fully saturated rings. The fourth-order valence-electron chi connectivity index (χ4n) is 1.67. The number of carbonyl (C=O) groups excluding carboxylic acids is 2. The third-order valence-electron chi connectivity index (χ3n) is 2.50. The lowest BCUT2D eigenvalue weighted by atomic mass is 10.2. The quantitative estimate of drug-likeness (QED) is 0.621. The summed E-state index contributed by atoms with van der Waals surface area (Å²) in [6.45, 7) is 1.34. The summed E-state index contributed by atoms with van der Waals surface area (Å²) >= 11 is 1.45. The van der Waals surface area contributed by atoms with Gasteiger partial charge in [-0.2, -0.15) is 0 Å². The van der Waals surface area contributed by atoms with Gasteiger partial charge in [0.05, 0.1) is 7.11 Å². The van der Waals surface area contributed by atoms with E-state index in [0.29, 0.717) is 22.1 Å². The second kappa shape index (κ2) is 5.88. The van der Waals surface area contributed by atoms with Crippen LogP contribution in [0.4, 0.5) is 0 Å². The third-order valence-corrected chi connectivity index (χ3v) is 3.58. The Morgan fingerprint density at radius 3 is 2.79 bits per heavy atom. The van der Waals surface area contributed by atoms with E-state index in [2.05, 4.69) is 9.73 Å². The van der Waals surface area contributed by atoms with Crippen molar-refractivity contribution in [1.29, 1.82) is 0 Å². The minimum Gasteiger partial charge on any atom is -0.467 e. The van der Waals surface area contributed by atoms with E-state index in [1.165, 1.54) is 25.8 Å². The monoisotopic (exact) mass is 279 g/mol. The molecule has 1 aromatic rings. The third kappa shape index (κ3) is 3.14. The fourth-order valence-corrected chi connectivity index (χ4v) is 2.72. The number of thioether (sulfide) groups is 1. The molecule has 0 aromatic heterocycles. The minimum atomic E-state index is -0.490. The van der Waals surface area contributed by atoms with Crippen molar-refractivity contribution < 1.29 is 19.1 Å². The first-order valence-corrected chi connectivity index (χ1v) is 6.66. The lowest BCUT2D eigenvalue weighted by Gasteiger charge is -2.07. The van der Waals surface area contributed by atoms with Gasteiger partial charge in [0.1, 0.15) is 10.8 Å². The van der Waals surface area contributed by atoms with Crippen molar-refractivity contribution >= 4 is 28.7 Å². The van der Waals surface area contributed by atoms with E-state index < -0.39 is 6.04 Å². The van der Waals surface area contributed by atoms with Gasteiger partial charge in [0.25, 0.3) is 0 Å². The summed E-state index contributed by atoms with van der Waals surface area (Å²) < 4.78 is 9.80. The van der Waals surface area contributed by atoms with Crippen LogP contribution in [0.2, 0.25) is 0 Å². The molecule has 1 heterocycles. The van der Waals surface area contributed by atoms with E-state index in [0.717, 1.165) is 0 Å². The van der Waals surface area contributed by atoms with E-state index in [9.17, 15) is 9.59 Å². The van der Waals surface area contributed by atoms with Crippen LogP contribution in [0, 0.1) is 0 Å². The normalized spacial score (nSPS) is 17.8. The van der Waals surface area contributed by atoms with Crippen molar-refractivity contribution in [2.24, 2.45) is 4.99 Å². The molecule has 0 radical (unpaired) electrons. The van der Waals surface area contributed by atoms with Crippen molar-refractivity contribution in [2.45, 2.75) is 13.0 Å². The number of benzene rings is 1. The summed E-state index contributed by atoms with van der Waals surface area (Å²) in [5, 5.41) is 0.687. The van der Waals surface area contributed by atoms with E-state index >= 15 is 0 Å².